The van der Waals surface area contributed by atoms with Crippen LogP contribution < -0.4 is 5.43 Å². The molecule has 4 heteroatoms. The van der Waals surface area contributed by atoms with E-state index in [0.29, 0.717) is 11.5 Å². The summed E-state index contributed by atoms with van der Waals surface area (Å²) in [5, 5.41) is 4.06. The molecule has 1 aromatic rings. The highest BCUT2D eigenvalue weighted by molar-refractivity contribution is 14.1. The maximum Gasteiger partial charge on any atom is 0.271 e. The number of halogens is 1. The molecule has 1 aliphatic rings. The highest BCUT2D eigenvalue weighted by atomic mass is 127. The number of hydrogen-bond acceptors (Lipinski definition) is 2. The minimum absolute atomic E-state index is 0.157. The van der Waals surface area contributed by atoms with Gasteiger partial charge in [-0.15, -0.1) is 0 Å². The van der Waals surface area contributed by atoms with Crippen LogP contribution in [-0.2, 0) is 0 Å². The van der Waals surface area contributed by atoms with E-state index in [9.17, 15) is 4.79 Å². The molecule has 0 aromatic heterocycles. The Balaban J connectivity index is 1.85. The third-order valence-electron chi connectivity index (χ3n) is 3.24. The number of amides is 1. The molecule has 1 aromatic carbocycles. The predicted molar refractivity (Wildman–Crippen MR) is 86.2 cm³/mol. The Morgan fingerprint density at radius 2 is 2.16 bits per heavy atom. The second kappa shape index (κ2) is 6.84. The first-order valence-corrected chi connectivity index (χ1v) is 7.48. The topological polar surface area (TPSA) is 41.5 Å². The number of nitrogens with zero attached hydrogens (tertiary/aromatic N) is 1. The van der Waals surface area contributed by atoms with Crippen LogP contribution in [0.3, 0.4) is 0 Å². The number of carbonyl (C=O) groups excluding carboxylic acids is 1. The van der Waals surface area contributed by atoms with E-state index in [1.165, 1.54) is 5.57 Å². The predicted octanol–water partition coefficient (Wildman–Crippen LogP) is 3.75. The normalized spacial score (nSPS) is 19.3. The smallest absolute Gasteiger partial charge is 0.267 e. The molecule has 0 radical (unpaired) electrons. The Kier molecular flexibility index (Phi) is 5.13. The third-order valence-corrected chi connectivity index (χ3v) is 3.96. The van der Waals surface area contributed by atoms with Gasteiger partial charge in [0.1, 0.15) is 0 Å². The van der Waals surface area contributed by atoms with Gasteiger partial charge in [-0.05, 0) is 79.0 Å². The molecule has 2 rings (SSSR count). The zero-order chi connectivity index (χ0) is 13.7. The van der Waals surface area contributed by atoms with Gasteiger partial charge < -0.3 is 0 Å². The summed E-state index contributed by atoms with van der Waals surface area (Å²) < 4.78 is 1.11. The minimum atomic E-state index is -0.157. The first-order valence-electron chi connectivity index (χ1n) is 6.40. The fraction of sp³-hybridized carbons (Fsp3) is 0.333. The van der Waals surface area contributed by atoms with E-state index in [1.807, 2.05) is 18.3 Å². The molecule has 0 fully saturated rings. The molecule has 0 bridgehead atoms. The molecular formula is C15H17IN2O. The lowest BCUT2D eigenvalue weighted by Gasteiger charge is -2.15. The van der Waals surface area contributed by atoms with Crippen LogP contribution in [0.4, 0.5) is 0 Å². The quantitative estimate of drug-likeness (QED) is 0.375. The summed E-state index contributed by atoms with van der Waals surface area (Å²) in [5.74, 6) is 0.288. The van der Waals surface area contributed by atoms with Crippen LogP contribution in [0.15, 0.2) is 41.0 Å². The monoisotopic (exact) mass is 368 g/mol. The third kappa shape index (κ3) is 4.45. The van der Waals surface area contributed by atoms with Crippen LogP contribution in [-0.4, -0.2) is 12.1 Å². The first kappa shape index (κ1) is 14.2. The van der Waals surface area contributed by atoms with Crippen molar-refractivity contribution >= 4 is 34.7 Å². The van der Waals surface area contributed by atoms with Gasteiger partial charge in [0.15, 0.2) is 0 Å². The number of hydrazone groups is 1. The first-order chi connectivity index (χ1) is 9.15. The zero-order valence-electron chi connectivity index (χ0n) is 10.9. The molecule has 100 valence electrons. The van der Waals surface area contributed by atoms with E-state index in [1.54, 1.807) is 12.1 Å². The Labute approximate surface area is 127 Å². The van der Waals surface area contributed by atoms with Gasteiger partial charge in [-0.2, -0.15) is 5.10 Å². The van der Waals surface area contributed by atoms with Gasteiger partial charge in [-0.25, -0.2) is 5.43 Å². The molecule has 0 aliphatic heterocycles. The lowest BCUT2D eigenvalue weighted by Crippen LogP contribution is -2.19. The van der Waals surface area contributed by atoms with Crippen molar-refractivity contribution in [2.24, 2.45) is 11.0 Å². The molecule has 1 aliphatic carbocycles. The summed E-state index contributed by atoms with van der Waals surface area (Å²) >= 11 is 2.21. The average Bonchev–Trinajstić information content (AvgIpc) is 2.41. The fourth-order valence-electron chi connectivity index (χ4n) is 1.99. The van der Waals surface area contributed by atoms with Crippen LogP contribution in [0.5, 0.6) is 0 Å². The summed E-state index contributed by atoms with van der Waals surface area (Å²) in [6.07, 6.45) is 7.37. The molecule has 0 unspecified atom stereocenters. The van der Waals surface area contributed by atoms with Gasteiger partial charge in [0.05, 0.1) is 0 Å². The molecule has 0 saturated heterocycles. The Bertz CT molecular complexity index is 505. The zero-order valence-corrected chi connectivity index (χ0v) is 13.1. The molecule has 0 saturated carbocycles. The molecule has 1 amide bonds. The maximum absolute atomic E-state index is 11.8. The summed E-state index contributed by atoms with van der Waals surface area (Å²) in [6, 6.07) is 7.43. The van der Waals surface area contributed by atoms with Crippen molar-refractivity contribution < 1.29 is 4.79 Å². The number of rotatable bonds is 3. The Morgan fingerprint density at radius 1 is 1.42 bits per heavy atom. The average molecular weight is 368 g/mol. The maximum atomic E-state index is 11.8. The highest BCUT2D eigenvalue weighted by Crippen LogP contribution is 2.21. The van der Waals surface area contributed by atoms with Crippen LogP contribution >= 0.6 is 22.6 Å². The molecule has 0 spiro atoms. The van der Waals surface area contributed by atoms with Crippen molar-refractivity contribution in [3.63, 3.8) is 0 Å². The van der Waals surface area contributed by atoms with E-state index < -0.39 is 0 Å². The van der Waals surface area contributed by atoms with Crippen molar-refractivity contribution in [1.29, 1.82) is 0 Å². The molecule has 1 N–H and O–H groups in total. The van der Waals surface area contributed by atoms with E-state index >= 15 is 0 Å². The van der Waals surface area contributed by atoms with Gasteiger partial charge in [0.2, 0.25) is 0 Å². The van der Waals surface area contributed by atoms with E-state index in [2.05, 4.69) is 46.1 Å². The summed E-state index contributed by atoms with van der Waals surface area (Å²) in [5.41, 5.74) is 4.67. The summed E-state index contributed by atoms with van der Waals surface area (Å²) in [4.78, 5) is 11.8. The number of carbonyl (C=O) groups is 1. The van der Waals surface area contributed by atoms with Gasteiger partial charge in [0, 0.05) is 15.3 Å². The second-order valence-electron chi connectivity index (χ2n) is 4.81. The van der Waals surface area contributed by atoms with Crippen LogP contribution in [0.2, 0.25) is 0 Å². The summed E-state index contributed by atoms with van der Waals surface area (Å²) in [6.45, 7) is 2.16. The van der Waals surface area contributed by atoms with Gasteiger partial charge >= 0.3 is 0 Å². The summed E-state index contributed by atoms with van der Waals surface area (Å²) in [7, 11) is 0. The standard InChI is InChI=1S/C15H17IN2O/c1-11-2-4-12(5-3-11)10-17-18-15(19)13-6-8-14(16)9-7-13/h2,6-10,12H,3-5H2,1H3,(H,18,19)/b17-10+/t12-/m0/s1. The molecule has 1 atom stereocenters. The van der Waals surface area contributed by atoms with Gasteiger partial charge in [-0.3, -0.25) is 4.79 Å². The van der Waals surface area contributed by atoms with Crippen molar-refractivity contribution in [2.45, 2.75) is 26.2 Å². The lowest BCUT2D eigenvalue weighted by atomic mass is 9.91. The Morgan fingerprint density at radius 3 is 2.79 bits per heavy atom. The van der Waals surface area contributed by atoms with E-state index in [0.717, 1.165) is 22.8 Å². The number of nitrogens with one attached hydrogen (secondary N) is 1. The van der Waals surface area contributed by atoms with Crippen LogP contribution in [0.1, 0.15) is 36.5 Å². The van der Waals surface area contributed by atoms with Crippen molar-refractivity contribution in [1.82, 2.24) is 5.43 Å². The van der Waals surface area contributed by atoms with Crippen molar-refractivity contribution in [2.75, 3.05) is 0 Å². The Hall–Kier alpha value is -1.17. The van der Waals surface area contributed by atoms with Gasteiger partial charge in [-0.1, -0.05) is 11.6 Å². The fourth-order valence-corrected chi connectivity index (χ4v) is 2.35. The number of allylic oxidation sites excluding steroid dienone is 2. The highest BCUT2D eigenvalue weighted by Gasteiger charge is 2.10. The number of benzene rings is 1. The van der Waals surface area contributed by atoms with Crippen LogP contribution in [0, 0.1) is 9.49 Å². The molecule has 0 heterocycles. The number of hydrogen-bond donors (Lipinski definition) is 1. The van der Waals surface area contributed by atoms with E-state index in [-0.39, 0.29) is 5.91 Å². The second-order valence-corrected chi connectivity index (χ2v) is 6.06. The lowest BCUT2D eigenvalue weighted by molar-refractivity contribution is 0.0955. The molecule has 19 heavy (non-hydrogen) atoms. The SMILES string of the molecule is CC1=CC[C@H](/C=N/NC(=O)c2ccc(I)cc2)CC1. The molecule has 3 nitrogen and oxygen atoms in total. The van der Waals surface area contributed by atoms with Crippen molar-refractivity contribution in [3.8, 4) is 0 Å². The van der Waals surface area contributed by atoms with Crippen molar-refractivity contribution in [3.05, 3.63) is 45.0 Å². The van der Waals surface area contributed by atoms with Gasteiger partial charge in [0.25, 0.3) is 5.91 Å². The van der Waals surface area contributed by atoms with Crippen LogP contribution in [0.25, 0.3) is 0 Å². The molecular weight excluding hydrogens is 351 g/mol. The van der Waals surface area contributed by atoms with E-state index in [4.69, 9.17) is 0 Å². The largest absolute Gasteiger partial charge is 0.271 e. The minimum Gasteiger partial charge on any atom is -0.267 e.